The van der Waals surface area contributed by atoms with E-state index in [9.17, 15) is 34.8 Å². The van der Waals surface area contributed by atoms with Crippen molar-refractivity contribution in [3.63, 3.8) is 0 Å². The number of urea groups is 1. The van der Waals surface area contributed by atoms with Crippen molar-refractivity contribution in [2.75, 3.05) is 37.0 Å². The zero-order valence-corrected chi connectivity index (χ0v) is 23.9. The number of aliphatic hydroxyl groups excluding tert-OH is 1. The van der Waals surface area contributed by atoms with Crippen LogP contribution in [0.5, 0.6) is 0 Å². The van der Waals surface area contributed by atoms with Crippen molar-refractivity contribution in [2.45, 2.75) is 42.5 Å². The summed E-state index contributed by atoms with van der Waals surface area (Å²) in [5.74, 6) is -1.31. The first-order valence-electron chi connectivity index (χ1n) is 13.3. The molecule has 44 heavy (non-hydrogen) atoms. The number of carboxylic acid groups (broad SMARTS) is 2. The van der Waals surface area contributed by atoms with Gasteiger partial charge in [0.05, 0.1) is 12.9 Å². The van der Waals surface area contributed by atoms with Gasteiger partial charge in [0.2, 0.25) is 5.28 Å². The predicted octanol–water partition coefficient (Wildman–Crippen LogP) is 0.231. The van der Waals surface area contributed by atoms with Crippen LogP contribution in [0.1, 0.15) is 18.2 Å². The summed E-state index contributed by atoms with van der Waals surface area (Å²) in [6, 6.07) is 5.83. The molecule has 2 fully saturated rings. The number of halogens is 1. The van der Waals surface area contributed by atoms with Gasteiger partial charge in [0.15, 0.2) is 28.8 Å². The Morgan fingerprint density at radius 1 is 1.30 bits per heavy atom. The van der Waals surface area contributed by atoms with E-state index in [2.05, 4.69) is 31.5 Å². The summed E-state index contributed by atoms with van der Waals surface area (Å²) < 4.78 is 12.6. The Kier molecular flexibility index (Phi) is 8.34. The van der Waals surface area contributed by atoms with Gasteiger partial charge in [0, 0.05) is 32.2 Å². The van der Waals surface area contributed by atoms with Crippen molar-refractivity contribution in [3.05, 3.63) is 41.4 Å². The topological polar surface area (TPSA) is 221 Å². The number of carbonyl (C=O) groups is 3. The molecule has 1 aromatic carbocycles. The highest BCUT2D eigenvalue weighted by atomic mass is 35.5. The molecule has 5 rings (SSSR count). The number of nitrogens with one attached hydrogen (secondary N) is 2. The standard InChI is InChI=1S/C27H28ClN7O9/c1-3-26(42)16(44-21(18(26)36)35-13-31-17-19(29-2)32-24(28)33-20(17)35)12-43-27(22(37)38,23(39)40)11-14-5-7-15(8-6-14)34-10-4-9-30-25(34)41/h1,5-8,13,16,18,21,36,42H,4,9-12H2,2H3,(H,30,41)(H,37,38)(H,39,40)(H,29,32,33)/t16-,18+,21-,26-/m1/s1. The number of rotatable bonds is 10. The largest absolute Gasteiger partial charge is 0.479 e. The van der Waals surface area contributed by atoms with E-state index in [1.165, 1.54) is 27.9 Å². The molecule has 3 aromatic rings. The number of aliphatic carboxylic acids is 2. The average molecular weight is 630 g/mol. The van der Waals surface area contributed by atoms with E-state index < -0.39 is 54.6 Å². The Morgan fingerprint density at radius 3 is 2.61 bits per heavy atom. The van der Waals surface area contributed by atoms with Crippen LogP contribution in [0.2, 0.25) is 5.28 Å². The SMILES string of the molecule is C#C[C@@]1(O)[C@@H](COC(Cc2ccc(N3CCCNC3=O)cc2)(C(=O)O)C(=O)O)O[C@@H](n2cnc3c(NC)nc(Cl)nc32)[C@@H]1O. The minimum atomic E-state index is -2.84. The monoisotopic (exact) mass is 629 g/mol. The third-order valence-electron chi connectivity index (χ3n) is 7.60. The van der Waals surface area contributed by atoms with Gasteiger partial charge in [-0.3, -0.25) is 9.47 Å². The number of aromatic nitrogens is 4. The second-order valence-electron chi connectivity index (χ2n) is 10.2. The van der Waals surface area contributed by atoms with Crippen molar-refractivity contribution in [3.8, 4) is 12.3 Å². The van der Waals surface area contributed by atoms with Gasteiger partial charge < -0.3 is 40.5 Å². The maximum Gasteiger partial charge on any atom is 0.348 e. The molecule has 17 heteroatoms. The fourth-order valence-electron chi connectivity index (χ4n) is 5.16. The molecule has 2 aliphatic rings. The smallest absolute Gasteiger partial charge is 0.348 e. The van der Waals surface area contributed by atoms with E-state index in [1.807, 2.05) is 0 Å². The number of terminal acetylenes is 1. The van der Waals surface area contributed by atoms with E-state index >= 15 is 0 Å². The summed E-state index contributed by atoms with van der Waals surface area (Å²) in [7, 11) is 1.58. The minimum absolute atomic E-state index is 0.121. The first-order valence-corrected chi connectivity index (χ1v) is 13.7. The lowest BCUT2D eigenvalue weighted by atomic mass is 9.91. The number of carbonyl (C=O) groups excluding carboxylic acids is 1. The molecule has 0 aliphatic carbocycles. The molecular weight excluding hydrogens is 602 g/mol. The fraction of sp³-hybridized carbons (Fsp3) is 0.407. The molecule has 232 valence electrons. The van der Waals surface area contributed by atoms with Gasteiger partial charge in [-0.15, -0.1) is 6.42 Å². The second kappa shape index (κ2) is 11.9. The first-order chi connectivity index (χ1) is 20.9. The highest BCUT2D eigenvalue weighted by Gasteiger charge is 2.58. The molecular formula is C27H28ClN7O9. The summed E-state index contributed by atoms with van der Waals surface area (Å²) in [6.07, 6.45) is 2.11. The Hall–Kier alpha value is -4.53. The van der Waals surface area contributed by atoms with Crippen LogP contribution in [0.25, 0.3) is 11.2 Å². The van der Waals surface area contributed by atoms with Crippen molar-refractivity contribution in [1.82, 2.24) is 24.8 Å². The van der Waals surface area contributed by atoms with E-state index in [0.717, 1.165) is 6.42 Å². The Labute approximate surface area is 254 Å². The number of carboxylic acids is 2. The fourth-order valence-corrected chi connectivity index (χ4v) is 5.32. The van der Waals surface area contributed by atoms with Crippen LogP contribution >= 0.6 is 11.6 Å². The molecule has 4 heterocycles. The zero-order valence-electron chi connectivity index (χ0n) is 23.2. The predicted molar refractivity (Wildman–Crippen MR) is 153 cm³/mol. The van der Waals surface area contributed by atoms with Crippen LogP contribution in [0.3, 0.4) is 0 Å². The highest BCUT2D eigenvalue weighted by molar-refractivity contribution is 6.28. The molecule has 0 unspecified atom stereocenters. The molecule has 2 aliphatic heterocycles. The van der Waals surface area contributed by atoms with E-state index in [-0.39, 0.29) is 33.9 Å². The summed E-state index contributed by atoms with van der Waals surface area (Å²) in [4.78, 5) is 50.8. The number of fused-ring (bicyclic) bond motifs is 1. The van der Waals surface area contributed by atoms with Crippen LogP contribution in [0.4, 0.5) is 16.3 Å². The maximum atomic E-state index is 12.4. The second-order valence-corrected chi connectivity index (χ2v) is 10.5. The summed E-state index contributed by atoms with van der Waals surface area (Å²) in [5, 5.41) is 47.8. The molecule has 0 bridgehead atoms. The lowest BCUT2D eigenvalue weighted by Crippen LogP contribution is -2.55. The van der Waals surface area contributed by atoms with Gasteiger partial charge in [-0.25, -0.2) is 19.4 Å². The van der Waals surface area contributed by atoms with Crippen molar-refractivity contribution in [2.24, 2.45) is 0 Å². The third kappa shape index (κ3) is 5.25. The first kappa shape index (κ1) is 30.9. The molecule has 2 saturated heterocycles. The third-order valence-corrected chi connectivity index (χ3v) is 7.77. The molecule has 2 amide bonds. The average Bonchev–Trinajstić information content (AvgIpc) is 3.53. The molecule has 6 N–H and O–H groups in total. The molecule has 16 nitrogen and oxygen atoms in total. The van der Waals surface area contributed by atoms with Gasteiger partial charge in [0.1, 0.15) is 12.2 Å². The van der Waals surface area contributed by atoms with Gasteiger partial charge in [-0.1, -0.05) is 18.1 Å². The Balaban J connectivity index is 1.39. The number of hydrogen-bond acceptors (Lipinski definition) is 11. The number of nitrogens with zero attached hydrogens (tertiary/aromatic N) is 5. The molecule has 2 aromatic heterocycles. The van der Waals surface area contributed by atoms with E-state index in [4.69, 9.17) is 27.5 Å². The number of ether oxygens (including phenoxy) is 2. The van der Waals surface area contributed by atoms with Crippen molar-refractivity contribution < 1.29 is 44.3 Å². The molecule has 0 radical (unpaired) electrons. The minimum Gasteiger partial charge on any atom is -0.479 e. The van der Waals surface area contributed by atoms with Gasteiger partial charge in [-0.05, 0) is 35.7 Å². The van der Waals surface area contributed by atoms with E-state index in [1.54, 1.807) is 19.2 Å². The quantitative estimate of drug-likeness (QED) is 0.101. The Morgan fingerprint density at radius 2 is 2.00 bits per heavy atom. The van der Waals surface area contributed by atoms with Crippen LogP contribution in [-0.4, -0.2) is 108 Å². The number of aliphatic hydroxyl groups is 2. The Bertz CT molecular complexity index is 1630. The van der Waals surface area contributed by atoms with Crippen molar-refractivity contribution >= 4 is 52.2 Å². The van der Waals surface area contributed by atoms with Gasteiger partial charge in [-0.2, -0.15) is 9.97 Å². The number of benzene rings is 1. The van der Waals surface area contributed by atoms with Crippen LogP contribution in [0, 0.1) is 12.3 Å². The van der Waals surface area contributed by atoms with Crippen LogP contribution in [0.15, 0.2) is 30.6 Å². The van der Waals surface area contributed by atoms with Gasteiger partial charge in [0.25, 0.3) is 5.60 Å². The molecule has 4 atom stereocenters. The highest BCUT2D eigenvalue weighted by Crippen LogP contribution is 2.39. The van der Waals surface area contributed by atoms with Crippen molar-refractivity contribution in [1.29, 1.82) is 0 Å². The normalized spacial score (nSPS) is 23.8. The zero-order chi connectivity index (χ0) is 31.8. The molecule has 0 spiro atoms. The summed E-state index contributed by atoms with van der Waals surface area (Å²) >= 11 is 6.03. The van der Waals surface area contributed by atoms with Crippen LogP contribution < -0.4 is 15.5 Å². The van der Waals surface area contributed by atoms with Crippen LogP contribution in [-0.2, 0) is 25.5 Å². The number of imidazole rings is 1. The molecule has 0 saturated carbocycles. The summed E-state index contributed by atoms with van der Waals surface area (Å²) in [5.41, 5.74) is -4.08. The number of hydrogen-bond donors (Lipinski definition) is 6. The lowest BCUT2D eigenvalue weighted by Gasteiger charge is -2.30. The van der Waals surface area contributed by atoms with E-state index in [0.29, 0.717) is 18.8 Å². The number of anilines is 2. The maximum absolute atomic E-state index is 12.4. The summed E-state index contributed by atoms with van der Waals surface area (Å²) in [6.45, 7) is 0.198. The van der Waals surface area contributed by atoms with Gasteiger partial charge >= 0.3 is 18.0 Å². The number of amides is 2. The lowest BCUT2D eigenvalue weighted by molar-refractivity contribution is -0.191.